The maximum atomic E-state index is 7.20. The Kier molecular flexibility index (Phi) is 10.4. The topological polar surface area (TPSA) is 22.2 Å². The number of benzene rings is 11. The van der Waals surface area contributed by atoms with Crippen molar-refractivity contribution in [3.63, 3.8) is 0 Å². The molecule has 0 aromatic heterocycles. The SMILES string of the molecule is Cc1cccc(C)c1N1c2cc3c(cc2B2c4ccccc4Oc4cc(N(c5ccccc5)c5ccccc5)cc1c42)B1c2ccccc2N(c2ccccc2)c2cc(N(c4ccccc4)c4ccccc4)cc(c21)S3. The van der Waals surface area contributed by atoms with Gasteiger partial charge in [-0.05, 0) is 149 Å². The van der Waals surface area contributed by atoms with Gasteiger partial charge in [-0.2, -0.15) is 0 Å². The third kappa shape index (κ3) is 6.98. The molecule has 358 valence electrons. The molecule has 0 unspecified atom stereocenters. The van der Waals surface area contributed by atoms with E-state index >= 15 is 0 Å². The van der Waals surface area contributed by atoms with Crippen molar-refractivity contribution in [2.24, 2.45) is 0 Å². The Morgan fingerprint density at radius 1 is 0.342 bits per heavy atom. The molecule has 15 rings (SSSR count). The van der Waals surface area contributed by atoms with E-state index in [-0.39, 0.29) is 13.4 Å². The molecule has 76 heavy (non-hydrogen) atoms. The van der Waals surface area contributed by atoms with Gasteiger partial charge < -0.3 is 24.3 Å². The molecular formula is C68H48B2N4OS. The van der Waals surface area contributed by atoms with Gasteiger partial charge in [-0.1, -0.05) is 169 Å². The lowest BCUT2D eigenvalue weighted by molar-refractivity contribution is 0.487. The van der Waals surface area contributed by atoms with E-state index in [4.69, 9.17) is 4.74 Å². The van der Waals surface area contributed by atoms with Crippen molar-refractivity contribution < 1.29 is 4.74 Å². The molecule has 0 fully saturated rings. The van der Waals surface area contributed by atoms with Gasteiger partial charge in [-0.15, -0.1) is 0 Å². The summed E-state index contributed by atoms with van der Waals surface area (Å²) in [6.45, 7) is 4.36. The number of rotatable bonds is 8. The maximum absolute atomic E-state index is 7.20. The van der Waals surface area contributed by atoms with E-state index in [1.165, 1.54) is 76.4 Å². The smallest absolute Gasteiger partial charge is 0.256 e. The van der Waals surface area contributed by atoms with Crippen LogP contribution in [0.1, 0.15) is 11.1 Å². The number of fused-ring (bicyclic) bond motifs is 8. The summed E-state index contributed by atoms with van der Waals surface area (Å²) in [6, 6.07) is 93.0. The largest absolute Gasteiger partial charge is 0.458 e. The third-order valence-corrected chi connectivity index (χ3v) is 16.8. The Labute approximate surface area is 449 Å². The Balaban J connectivity index is 1.01. The van der Waals surface area contributed by atoms with Gasteiger partial charge in [-0.3, -0.25) is 0 Å². The Hall–Kier alpha value is -9.10. The quantitative estimate of drug-likeness (QED) is 0.141. The van der Waals surface area contributed by atoms with Crippen LogP contribution >= 0.6 is 11.8 Å². The molecule has 4 heterocycles. The van der Waals surface area contributed by atoms with Crippen molar-refractivity contribution in [2.75, 3.05) is 19.6 Å². The summed E-state index contributed by atoms with van der Waals surface area (Å²) in [7, 11) is 0. The first-order chi connectivity index (χ1) is 37.6. The molecule has 0 N–H and O–H groups in total. The first-order valence-corrected chi connectivity index (χ1v) is 27.0. The predicted octanol–water partition coefficient (Wildman–Crippen LogP) is 14.4. The fourth-order valence-corrected chi connectivity index (χ4v) is 13.8. The number of para-hydroxylation sites is 8. The van der Waals surface area contributed by atoms with Gasteiger partial charge in [0.15, 0.2) is 0 Å². The lowest BCUT2D eigenvalue weighted by atomic mass is 9.31. The van der Waals surface area contributed by atoms with Crippen molar-refractivity contribution in [3.8, 4) is 11.5 Å². The molecule has 0 aliphatic carbocycles. The summed E-state index contributed by atoms with van der Waals surface area (Å²) in [5, 5.41) is 0. The predicted molar refractivity (Wildman–Crippen MR) is 321 cm³/mol. The van der Waals surface area contributed by atoms with Gasteiger partial charge in [0.1, 0.15) is 11.5 Å². The Morgan fingerprint density at radius 2 is 0.842 bits per heavy atom. The second kappa shape index (κ2) is 17.8. The van der Waals surface area contributed by atoms with E-state index in [9.17, 15) is 0 Å². The first-order valence-electron chi connectivity index (χ1n) is 26.1. The van der Waals surface area contributed by atoms with Gasteiger partial charge in [0.2, 0.25) is 6.71 Å². The van der Waals surface area contributed by atoms with Crippen molar-refractivity contribution >= 4 is 126 Å². The summed E-state index contributed by atoms with van der Waals surface area (Å²) in [5.41, 5.74) is 23.4. The molecule has 0 bridgehead atoms. The Bertz CT molecular complexity index is 3970. The van der Waals surface area contributed by atoms with Crippen molar-refractivity contribution in [2.45, 2.75) is 23.6 Å². The van der Waals surface area contributed by atoms with Gasteiger partial charge >= 0.3 is 0 Å². The first kappa shape index (κ1) is 44.4. The fourth-order valence-electron chi connectivity index (χ4n) is 12.6. The van der Waals surface area contributed by atoms with Crippen LogP contribution in [0.3, 0.4) is 0 Å². The summed E-state index contributed by atoms with van der Waals surface area (Å²) in [5.74, 6) is 1.75. The van der Waals surface area contributed by atoms with Gasteiger partial charge in [0.05, 0.1) is 11.4 Å². The zero-order chi connectivity index (χ0) is 50.4. The van der Waals surface area contributed by atoms with Crippen LogP contribution in [0.15, 0.2) is 265 Å². The molecule has 8 heteroatoms. The average molecular weight is 991 g/mol. The van der Waals surface area contributed by atoms with Crippen molar-refractivity contribution in [3.05, 3.63) is 266 Å². The van der Waals surface area contributed by atoms with Crippen molar-refractivity contribution in [1.29, 1.82) is 0 Å². The highest BCUT2D eigenvalue weighted by atomic mass is 32.2. The molecule has 5 nitrogen and oxygen atoms in total. The van der Waals surface area contributed by atoms with Crippen LogP contribution in [-0.2, 0) is 0 Å². The lowest BCUT2D eigenvalue weighted by Crippen LogP contribution is -2.63. The minimum atomic E-state index is -0.107. The van der Waals surface area contributed by atoms with E-state index in [1.807, 2.05) is 11.8 Å². The number of anilines is 12. The van der Waals surface area contributed by atoms with Crippen molar-refractivity contribution in [1.82, 2.24) is 0 Å². The molecule has 0 atom stereocenters. The van der Waals surface area contributed by atoms with E-state index in [1.54, 1.807) is 0 Å². The molecule has 0 radical (unpaired) electrons. The highest BCUT2D eigenvalue weighted by Crippen LogP contribution is 2.50. The minimum Gasteiger partial charge on any atom is -0.458 e. The maximum Gasteiger partial charge on any atom is 0.256 e. The lowest BCUT2D eigenvalue weighted by Gasteiger charge is -2.44. The van der Waals surface area contributed by atoms with Gasteiger partial charge in [0.25, 0.3) is 6.71 Å². The zero-order valence-electron chi connectivity index (χ0n) is 42.0. The van der Waals surface area contributed by atoms with E-state index in [0.717, 1.165) is 57.0 Å². The normalized spacial score (nSPS) is 13.1. The highest BCUT2D eigenvalue weighted by molar-refractivity contribution is 8.00. The van der Waals surface area contributed by atoms with E-state index in [2.05, 4.69) is 288 Å². The number of aryl methyl sites for hydroxylation is 2. The van der Waals surface area contributed by atoms with Gasteiger partial charge in [0, 0.05) is 72.7 Å². The van der Waals surface area contributed by atoms with Crippen LogP contribution in [-0.4, -0.2) is 13.4 Å². The molecule has 11 aromatic carbocycles. The van der Waals surface area contributed by atoms with Crippen LogP contribution in [0.4, 0.5) is 68.2 Å². The molecule has 4 aliphatic heterocycles. The molecule has 0 saturated carbocycles. The minimum absolute atomic E-state index is 0.0454. The average Bonchev–Trinajstić information content (AvgIpc) is 3.66. The number of nitrogens with zero attached hydrogens (tertiary/aromatic N) is 4. The monoisotopic (exact) mass is 990 g/mol. The van der Waals surface area contributed by atoms with E-state index in [0.29, 0.717) is 0 Å². The van der Waals surface area contributed by atoms with Gasteiger partial charge in [-0.25, -0.2) is 0 Å². The molecule has 0 amide bonds. The molecule has 0 saturated heterocycles. The molecule has 4 aliphatic rings. The Morgan fingerprint density at radius 3 is 1.45 bits per heavy atom. The second-order valence-corrected chi connectivity index (χ2v) is 21.2. The van der Waals surface area contributed by atoms with Crippen LogP contribution in [0, 0.1) is 13.8 Å². The van der Waals surface area contributed by atoms with Crippen LogP contribution in [0.25, 0.3) is 0 Å². The summed E-state index contributed by atoms with van der Waals surface area (Å²) < 4.78 is 7.20. The zero-order valence-corrected chi connectivity index (χ0v) is 42.8. The second-order valence-electron chi connectivity index (χ2n) is 20.1. The summed E-state index contributed by atoms with van der Waals surface area (Å²) >= 11 is 1.90. The van der Waals surface area contributed by atoms with Crippen LogP contribution < -0.4 is 57.1 Å². The molecule has 11 aromatic rings. The molecule has 0 spiro atoms. The third-order valence-electron chi connectivity index (χ3n) is 15.7. The number of hydrogen-bond donors (Lipinski definition) is 0. The summed E-state index contributed by atoms with van der Waals surface area (Å²) in [6.07, 6.45) is 0. The van der Waals surface area contributed by atoms with E-state index < -0.39 is 0 Å². The molecular weight excluding hydrogens is 942 g/mol. The fraction of sp³-hybridized carbons (Fsp3) is 0.0294. The standard InChI is InChI=1S/C68H48B2N4OS/c1-45-23-22-24-46(2)68(45)74-59-44-64-57(43-56(59)70-55-36-19-21-38-62(55)75-63-41-52(39-60(74)66(63)70)71(47-25-8-3-9-26-47)48-27-10-4-11-28-48)69-54-35-18-20-37-58(54)73(51-33-16-7-17-34-51)61-40-53(42-65(76-64)67(61)69)72(49-29-12-5-13-30-49)50-31-14-6-15-32-50/h3-44H,1-2H3. The number of hydrogen-bond acceptors (Lipinski definition) is 6. The number of ether oxygens (including phenoxy) is 1. The summed E-state index contributed by atoms with van der Waals surface area (Å²) in [4.78, 5) is 12.3. The van der Waals surface area contributed by atoms with Crippen LogP contribution in [0.2, 0.25) is 0 Å². The highest BCUT2D eigenvalue weighted by Gasteiger charge is 2.47. The van der Waals surface area contributed by atoms with Crippen LogP contribution in [0.5, 0.6) is 11.5 Å².